The highest BCUT2D eigenvalue weighted by Gasteiger charge is 2.10. The van der Waals surface area contributed by atoms with E-state index in [0.717, 1.165) is 6.07 Å². The summed E-state index contributed by atoms with van der Waals surface area (Å²) in [5.41, 5.74) is 0.163. The molecule has 70 valence electrons. The van der Waals surface area contributed by atoms with Crippen LogP contribution in [-0.4, -0.2) is 15.9 Å². The summed E-state index contributed by atoms with van der Waals surface area (Å²) in [6.45, 7) is 1.69. The maximum absolute atomic E-state index is 12.9. The van der Waals surface area contributed by atoms with Crippen molar-refractivity contribution in [3.8, 4) is 0 Å². The number of aromatic nitrogens is 1. The molecular weight excluding hydrogens is 178 g/mol. The zero-order chi connectivity index (χ0) is 9.84. The predicted molar refractivity (Wildman–Crippen MR) is 42.8 cm³/mol. The van der Waals surface area contributed by atoms with Crippen molar-refractivity contribution in [2.24, 2.45) is 5.16 Å². The van der Waals surface area contributed by atoms with Crippen LogP contribution in [-0.2, 0) is 0 Å². The molecule has 0 radical (unpaired) electrons. The Morgan fingerprint density at radius 1 is 1.54 bits per heavy atom. The van der Waals surface area contributed by atoms with Gasteiger partial charge in [0.25, 0.3) is 0 Å². The summed E-state index contributed by atoms with van der Waals surface area (Å²) in [5, 5.41) is 11.4. The number of hydrogen-bond acceptors (Lipinski definition) is 3. The van der Waals surface area contributed by atoms with Crippen molar-refractivity contribution in [1.29, 1.82) is 0 Å². The van der Waals surface area contributed by atoms with Gasteiger partial charge in [0.1, 0.15) is 0 Å². The lowest BCUT2D eigenvalue weighted by Crippen LogP contribution is -2.05. The molecule has 0 atom stereocenters. The summed E-state index contributed by atoms with van der Waals surface area (Å²) in [6, 6.07) is 2.20. The zero-order valence-electron chi connectivity index (χ0n) is 6.96. The Morgan fingerprint density at radius 3 is 2.69 bits per heavy atom. The average molecular weight is 186 g/mol. The highest BCUT2D eigenvalue weighted by molar-refractivity contribution is 5.99. The quantitative estimate of drug-likeness (QED) is 0.332. The van der Waals surface area contributed by atoms with E-state index in [2.05, 4.69) is 10.1 Å². The van der Waals surface area contributed by atoms with Gasteiger partial charge in [0.15, 0.2) is 0 Å². The molecule has 0 aromatic carbocycles. The fourth-order valence-corrected chi connectivity index (χ4v) is 0.942. The normalized spacial score (nSPS) is 11.8. The molecular formula is C8H8F2N2O. The fourth-order valence-electron chi connectivity index (χ4n) is 0.942. The lowest BCUT2D eigenvalue weighted by Gasteiger charge is -2.01. The van der Waals surface area contributed by atoms with Gasteiger partial charge in [-0.15, -0.1) is 0 Å². The van der Waals surface area contributed by atoms with Crippen molar-refractivity contribution in [1.82, 2.24) is 4.98 Å². The molecule has 0 aliphatic rings. The van der Waals surface area contributed by atoms with Crippen molar-refractivity contribution in [2.75, 3.05) is 0 Å². The van der Waals surface area contributed by atoms with Gasteiger partial charge in [-0.05, 0) is 18.6 Å². The molecule has 13 heavy (non-hydrogen) atoms. The smallest absolute Gasteiger partial charge is 0.224 e. The van der Waals surface area contributed by atoms with Gasteiger partial charge in [-0.25, -0.2) is 0 Å². The minimum Gasteiger partial charge on any atom is -0.411 e. The fraction of sp³-hybridized carbons (Fsp3) is 0.250. The third-order valence-corrected chi connectivity index (χ3v) is 1.58. The zero-order valence-corrected chi connectivity index (χ0v) is 6.96. The molecule has 0 saturated carbocycles. The number of oxime groups is 1. The molecule has 1 aromatic heterocycles. The summed E-state index contributed by atoms with van der Waals surface area (Å²) >= 11 is 0. The van der Waals surface area contributed by atoms with Crippen LogP contribution >= 0.6 is 0 Å². The highest BCUT2D eigenvalue weighted by Crippen LogP contribution is 2.08. The minimum absolute atomic E-state index is 0.0198. The topological polar surface area (TPSA) is 45.5 Å². The van der Waals surface area contributed by atoms with Crippen LogP contribution in [0.1, 0.15) is 18.9 Å². The number of nitrogens with zero attached hydrogens (tertiary/aromatic N) is 2. The van der Waals surface area contributed by atoms with Crippen LogP contribution in [0, 0.1) is 11.9 Å². The van der Waals surface area contributed by atoms with Gasteiger partial charge < -0.3 is 5.21 Å². The molecule has 1 heterocycles. The van der Waals surface area contributed by atoms with Gasteiger partial charge in [-0.2, -0.15) is 13.8 Å². The van der Waals surface area contributed by atoms with E-state index in [4.69, 9.17) is 5.21 Å². The summed E-state index contributed by atoms with van der Waals surface area (Å²) < 4.78 is 25.3. The first-order valence-electron chi connectivity index (χ1n) is 3.72. The first-order chi connectivity index (χ1) is 6.19. The van der Waals surface area contributed by atoms with Crippen molar-refractivity contribution < 1.29 is 14.0 Å². The molecule has 0 bridgehead atoms. The van der Waals surface area contributed by atoms with Crippen molar-refractivity contribution >= 4 is 5.71 Å². The van der Waals surface area contributed by atoms with E-state index in [0.29, 0.717) is 6.42 Å². The molecule has 0 aliphatic heterocycles. The third kappa shape index (κ3) is 1.99. The van der Waals surface area contributed by atoms with Gasteiger partial charge in [0.05, 0.1) is 11.3 Å². The van der Waals surface area contributed by atoms with Crippen molar-refractivity contribution in [3.05, 3.63) is 29.6 Å². The molecule has 3 nitrogen and oxygen atoms in total. The van der Waals surface area contributed by atoms with Crippen LogP contribution in [0.3, 0.4) is 0 Å². The monoisotopic (exact) mass is 186 g/mol. The Balaban J connectivity index is 3.15. The molecule has 0 unspecified atom stereocenters. The summed E-state index contributed by atoms with van der Waals surface area (Å²) in [5.74, 6) is -1.86. The van der Waals surface area contributed by atoms with Gasteiger partial charge in [-0.3, -0.25) is 0 Å². The van der Waals surface area contributed by atoms with E-state index in [-0.39, 0.29) is 11.3 Å². The van der Waals surface area contributed by atoms with Gasteiger partial charge in [-0.1, -0.05) is 12.1 Å². The maximum atomic E-state index is 12.9. The van der Waals surface area contributed by atoms with Gasteiger partial charge >= 0.3 is 0 Å². The highest BCUT2D eigenvalue weighted by atomic mass is 19.1. The van der Waals surface area contributed by atoms with E-state index in [1.165, 1.54) is 6.07 Å². The van der Waals surface area contributed by atoms with E-state index >= 15 is 0 Å². The molecule has 1 N–H and O–H groups in total. The molecule has 5 heteroatoms. The van der Waals surface area contributed by atoms with E-state index in [9.17, 15) is 8.78 Å². The molecule has 1 aromatic rings. The Hall–Kier alpha value is -1.52. The molecule has 0 spiro atoms. The Morgan fingerprint density at radius 2 is 2.23 bits per heavy atom. The SMILES string of the molecule is CCC(=NO)c1ccc(F)nc1F. The van der Waals surface area contributed by atoms with Crippen molar-refractivity contribution in [2.45, 2.75) is 13.3 Å². The number of pyridine rings is 1. The van der Waals surface area contributed by atoms with Crippen LogP contribution in [0.25, 0.3) is 0 Å². The van der Waals surface area contributed by atoms with Crippen LogP contribution in [0.2, 0.25) is 0 Å². The van der Waals surface area contributed by atoms with Crippen LogP contribution in [0.4, 0.5) is 8.78 Å². The molecule has 0 amide bonds. The Kier molecular flexibility index (Phi) is 2.89. The largest absolute Gasteiger partial charge is 0.411 e. The lowest BCUT2D eigenvalue weighted by molar-refractivity contribution is 0.318. The standard InChI is InChI=1S/C8H8F2N2O/c1-2-6(12-13)5-3-4-7(9)11-8(5)10/h3-4,13H,2H2,1H3. The van der Waals surface area contributed by atoms with Gasteiger partial charge in [0, 0.05) is 0 Å². The second kappa shape index (κ2) is 3.93. The van der Waals surface area contributed by atoms with Crippen molar-refractivity contribution in [3.63, 3.8) is 0 Å². The summed E-state index contributed by atoms with van der Waals surface area (Å²) in [6.07, 6.45) is 0.348. The average Bonchev–Trinajstić information content (AvgIpc) is 2.10. The van der Waals surface area contributed by atoms with Gasteiger partial charge in [0.2, 0.25) is 11.9 Å². The Labute approximate surface area is 73.7 Å². The van der Waals surface area contributed by atoms with E-state index < -0.39 is 11.9 Å². The molecule has 1 rings (SSSR count). The number of rotatable bonds is 2. The Bertz CT molecular complexity index is 339. The lowest BCUT2D eigenvalue weighted by atomic mass is 10.1. The third-order valence-electron chi connectivity index (χ3n) is 1.58. The summed E-state index contributed by atoms with van der Waals surface area (Å²) in [4.78, 5) is 2.97. The molecule has 0 aliphatic carbocycles. The predicted octanol–water partition coefficient (Wildman–Crippen LogP) is 1.95. The maximum Gasteiger partial charge on any atom is 0.224 e. The molecule has 0 saturated heterocycles. The first-order valence-corrected chi connectivity index (χ1v) is 3.72. The van der Waals surface area contributed by atoms with E-state index in [1.54, 1.807) is 6.92 Å². The van der Waals surface area contributed by atoms with E-state index in [1.807, 2.05) is 0 Å². The molecule has 0 fully saturated rings. The number of halogens is 2. The second-order valence-corrected chi connectivity index (χ2v) is 2.37. The van der Waals surface area contributed by atoms with Crippen LogP contribution in [0.15, 0.2) is 17.3 Å². The number of hydrogen-bond donors (Lipinski definition) is 1. The summed E-state index contributed by atoms with van der Waals surface area (Å²) in [7, 11) is 0. The second-order valence-electron chi connectivity index (χ2n) is 2.37. The van der Waals surface area contributed by atoms with Crippen LogP contribution in [0.5, 0.6) is 0 Å². The van der Waals surface area contributed by atoms with Crippen LogP contribution < -0.4 is 0 Å². The minimum atomic E-state index is -0.963. The first kappa shape index (κ1) is 9.57.